The number of fused-ring (bicyclic) bond motifs is 1. The highest BCUT2D eigenvalue weighted by Crippen LogP contribution is 2.45. The fourth-order valence-electron chi connectivity index (χ4n) is 2.90. The summed E-state index contributed by atoms with van der Waals surface area (Å²) >= 11 is 5.45. The second kappa shape index (κ2) is 3.98. The van der Waals surface area contributed by atoms with E-state index in [0.29, 0.717) is 5.41 Å². The summed E-state index contributed by atoms with van der Waals surface area (Å²) in [4.78, 5) is 3.30. The second-order valence-corrected chi connectivity index (χ2v) is 5.63. The maximum absolute atomic E-state index is 5.45. The Hall–Kier alpha value is -1.09. The molecule has 17 heavy (non-hydrogen) atoms. The fraction of sp³-hybridized carbons (Fsp3) is 0.500. The lowest BCUT2D eigenvalue weighted by Gasteiger charge is -2.41. The van der Waals surface area contributed by atoms with E-state index in [2.05, 4.69) is 40.7 Å². The van der Waals surface area contributed by atoms with Crippen LogP contribution in [0.15, 0.2) is 24.3 Å². The summed E-state index contributed by atoms with van der Waals surface area (Å²) in [6, 6.07) is 8.39. The molecule has 0 radical (unpaired) electrons. The molecule has 1 heterocycles. The van der Waals surface area contributed by atoms with Gasteiger partial charge < -0.3 is 9.55 Å². The van der Waals surface area contributed by atoms with Crippen molar-refractivity contribution in [2.45, 2.75) is 39.2 Å². The molecule has 0 amide bonds. The van der Waals surface area contributed by atoms with Crippen LogP contribution in [-0.2, 0) is 6.54 Å². The lowest BCUT2D eigenvalue weighted by molar-refractivity contribution is 0.101. The predicted octanol–water partition coefficient (Wildman–Crippen LogP) is 4.28. The average Bonchev–Trinajstić information content (AvgIpc) is 2.60. The molecule has 0 bridgehead atoms. The number of benzene rings is 1. The standard InChI is InChI=1S/C14H18N2S/c1-2-14(8-5-9-14)10-16-12-7-4-3-6-11(12)15-13(16)17/h3-4,6-7H,2,5,8-10H2,1H3,(H,15,17). The normalized spacial score (nSPS) is 18.2. The van der Waals surface area contributed by atoms with Crippen molar-refractivity contribution in [1.29, 1.82) is 0 Å². The van der Waals surface area contributed by atoms with Crippen LogP contribution >= 0.6 is 12.2 Å². The zero-order valence-corrected chi connectivity index (χ0v) is 11.0. The molecule has 2 aromatic rings. The van der Waals surface area contributed by atoms with Crippen molar-refractivity contribution in [1.82, 2.24) is 9.55 Å². The molecule has 1 fully saturated rings. The number of rotatable bonds is 3. The number of nitrogens with zero attached hydrogens (tertiary/aromatic N) is 1. The fourth-order valence-corrected chi connectivity index (χ4v) is 3.17. The molecule has 3 rings (SSSR count). The first-order valence-corrected chi connectivity index (χ1v) is 6.82. The van der Waals surface area contributed by atoms with E-state index in [-0.39, 0.29) is 0 Å². The Morgan fingerprint density at radius 3 is 2.76 bits per heavy atom. The Morgan fingerprint density at radius 1 is 1.35 bits per heavy atom. The molecule has 0 unspecified atom stereocenters. The molecule has 1 aromatic heterocycles. The van der Waals surface area contributed by atoms with Gasteiger partial charge in [-0.15, -0.1) is 0 Å². The number of aromatic nitrogens is 2. The van der Waals surface area contributed by atoms with Crippen LogP contribution in [0.1, 0.15) is 32.6 Å². The molecule has 1 aliphatic rings. The number of hydrogen-bond acceptors (Lipinski definition) is 1. The number of H-pyrrole nitrogens is 1. The Morgan fingerprint density at radius 2 is 2.12 bits per heavy atom. The van der Waals surface area contributed by atoms with E-state index in [1.54, 1.807) is 0 Å². The average molecular weight is 246 g/mol. The summed E-state index contributed by atoms with van der Waals surface area (Å²) in [5, 5.41) is 0. The minimum Gasteiger partial charge on any atom is -0.331 e. The first kappa shape index (κ1) is 11.0. The number of para-hydroxylation sites is 2. The van der Waals surface area contributed by atoms with Crippen molar-refractivity contribution in [2.75, 3.05) is 0 Å². The SMILES string of the molecule is CCC1(Cn2c(=S)[nH]c3ccccc32)CCC1. The number of aromatic amines is 1. The summed E-state index contributed by atoms with van der Waals surface area (Å²) in [6.45, 7) is 3.38. The minimum atomic E-state index is 0.503. The molecule has 90 valence electrons. The van der Waals surface area contributed by atoms with E-state index in [0.717, 1.165) is 16.8 Å². The first-order chi connectivity index (χ1) is 8.24. The van der Waals surface area contributed by atoms with Gasteiger partial charge >= 0.3 is 0 Å². The van der Waals surface area contributed by atoms with Gasteiger partial charge in [0, 0.05) is 6.54 Å². The van der Waals surface area contributed by atoms with E-state index in [1.165, 1.54) is 31.2 Å². The van der Waals surface area contributed by atoms with Crippen LogP contribution in [0.2, 0.25) is 0 Å². The molecule has 0 spiro atoms. The van der Waals surface area contributed by atoms with Crippen LogP contribution in [0.3, 0.4) is 0 Å². The number of imidazole rings is 1. The largest absolute Gasteiger partial charge is 0.331 e. The molecule has 1 saturated carbocycles. The molecule has 0 aliphatic heterocycles. The summed E-state index contributed by atoms with van der Waals surface area (Å²) in [6.07, 6.45) is 5.34. The Kier molecular flexibility index (Phi) is 2.58. The van der Waals surface area contributed by atoms with Gasteiger partial charge in [-0.25, -0.2) is 0 Å². The maximum atomic E-state index is 5.45. The second-order valence-electron chi connectivity index (χ2n) is 5.24. The molecule has 1 aliphatic carbocycles. The lowest BCUT2D eigenvalue weighted by atomic mass is 9.67. The van der Waals surface area contributed by atoms with E-state index in [1.807, 2.05) is 0 Å². The highest BCUT2D eigenvalue weighted by atomic mass is 32.1. The van der Waals surface area contributed by atoms with Crippen molar-refractivity contribution in [3.8, 4) is 0 Å². The molecule has 1 N–H and O–H groups in total. The molecule has 0 saturated heterocycles. The highest BCUT2D eigenvalue weighted by Gasteiger charge is 2.35. The first-order valence-electron chi connectivity index (χ1n) is 6.42. The van der Waals surface area contributed by atoms with Gasteiger partial charge in [0.2, 0.25) is 0 Å². The van der Waals surface area contributed by atoms with E-state index >= 15 is 0 Å². The molecule has 3 heteroatoms. The molecule has 1 aromatic carbocycles. The van der Waals surface area contributed by atoms with Crippen molar-refractivity contribution < 1.29 is 0 Å². The maximum Gasteiger partial charge on any atom is 0.178 e. The van der Waals surface area contributed by atoms with Gasteiger partial charge in [-0.2, -0.15) is 0 Å². The van der Waals surface area contributed by atoms with Gasteiger partial charge in [-0.05, 0) is 49.0 Å². The van der Waals surface area contributed by atoms with Gasteiger partial charge in [-0.3, -0.25) is 0 Å². The lowest BCUT2D eigenvalue weighted by Crippen LogP contribution is -2.33. The zero-order valence-electron chi connectivity index (χ0n) is 10.2. The van der Waals surface area contributed by atoms with E-state index in [9.17, 15) is 0 Å². The third-order valence-corrected chi connectivity index (χ3v) is 4.66. The van der Waals surface area contributed by atoms with Crippen LogP contribution in [-0.4, -0.2) is 9.55 Å². The van der Waals surface area contributed by atoms with Crippen LogP contribution < -0.4 is 0 Å². The van der Waals surface area contributed by atoms with Gasteiger partial charge in [0.25, 0.3) is 0 Å². The minimum absolute atomic E-state index is 0.503. The van der Waals surface area contributed by atoms with Crippen LogP contribution in [0.4, 0.5) is 0 Å². The van der Waals surface area contributed by atoms with Gasteiger partial charge in [0.05, 0.1) is 11.0 Å². The van der Waals surface area contributed by atoms with Gasteiger partial charge in [-0.1, -0.05) is 25.5 Å². The smallest absolute Gasteiger partial charge is 0.178 e. The van der Waals surface area contributed by atoms with Crippen molar-refractivity contribution in [3.05, 3.63) is 29.0 Å². The van der Waals surface area contributed by atoms with Crippen LogP contribution in [0.25, 0.3) is 11.0 Å². The molecule has 2 nitrogen and oxygen atoms in total. The predicted molar refractivity (Wildman–Crippen MR) is 73.7 cm³/mol. The number of hydrogen-bond donors (Lipinski definition) is 1. The monoisotopic (exact) mass is 246 g/mol. The van der Waals surface area contributed by atoms with Gasteiger partial charge in [0.1, 0.15) is 0 Å². The molecular formula is C14H18N2S. The Balaban J connectivity index is 2.05. The summed E-state index contributed by atoms with van der Waals surface area (Å²) in [5.74, 6) is 0. The highest BCUT2D eigenvalue weighted by molar-refractivity contribution is 7.71. The number of nitrogens with one attached hydrogen (secondary N) is 1. The van der Waals surface area contributed by atoms with Crippen molar-refractivity contribution in [2.24, 2.45) is 5.41 Å². The van der Waals surface area contributed by atoms with Gasteiger partial charge in [0.15, 0.2) is 4.77 Å². The summed E-state index contributed by atoms with van der Waals surface area (Å²) < 4.78 is 3.15. The van der Waals surface area contributed by atoms with E-state index in [4.69, 9.17) is 12.2 Å². The third-order valence-electron chi connectivity index (χ3n) is 4.34. The third kappa shape index (κ3) is 1.73. The van der Waals surface area contributed by atoms with E-state index < -0.39 is 0 Å². The van der Waals surface area contributed by atoms with Crippen molar-refractivity contribution >= 4 is 23.3 Å². The Labute approximate surface area is 107 Å². The summed E-state index contributed by atoms with van der Waals surface area (Å²) in [5.41, 5.74) is 2.91. The van der Waals surface area contributed by atoms with Crippen molar-refractivity contribution in [3.63, 3.8) is 0 Å². The Bertz CT molecular complexity index is 584. The van der Waals surface area contributed by atoms with Crippen LogP contribution in [0, 0.1) is 10.2 Å². The molecular weight excluding hydrogens is 228 g/mol. The topological polar surface area (TPSA) is 20.7 Å². The summed E-state index contributed by atoms with van der Waals surface area (Å²) in [7, 11) is 0. The quantitative estimate of drug-likeness (QED) is 0.802. The zero-order chi connectivity index (χ0) is 11.9. The molecule has 0 atom stereocenters. The van der Waals surface area contributed by atoms with Crippen LogP contribution in [0.5, 0.6) is 0 Å².